The van der Waals surface area contributed by atoms with Crippen molar-refractivity contribution >= 4 is 73.5 Å². The molecule has 5 nitrogen and oxygen atoms in total. The molecule has 8 heteroatoms. The number of carbonyl (C=O) groups is 2. The van der Waals surface area contributed by atoms with Crippen molar-refractivity contribution in [2.75, 3.05) is 10.6 Å². The van der Waals surface area contributed by atoms with Gasteiger partial charge in [0, 0.05) is 27.9 Å². The zero-order valence-corrected chi connectivity index (χ0v) is 18.3. The van der Waals surface area contributed by atoms with Crippen molar-refractivity contribution in [3.63, 3.8) is 0 Å². The van der Waals surface area contributed by atoms with Gasteiger partial charge >= 0.3 is 0 Å². The van der Waals surface area contributed by atoms with Gasteiger partial charge in [0.15, 0.2) is 5.11 Å². The number of carbonyl (C=O) groups excluding carboxylic acids is 2. The summed E-state index contributed by atoms with van der Waals surface area (Å²) >= 11 is 12.9. The number of thiophene rings is 1. The lowest BCUT2D eigenvalue weighted by Gasteiger charge is -2.11. The molecule has 0 spiro atoms. The van der Waals surface area contributed by atoms with E-state index in [2.05, 4.69) is 16.0 Å². The summed E-state index contributed by atoms with van der Waals surface area (Å²) in [5, 5.41) is 9.89. The Hall–Kier alpha value is -2.48. The predicted octanol–water partition coefficient (Wildman–Crippen LogP) is 5.67. The monoisotopic (exact) mass is 445 g/mol. The number of halogens is 1. The second kappa shape index (κ2) is 9.35. The summed E-state index contributed by atoms with van der Waals surface area (Å²) in [6, 6.07) is 14.7. The fourth-order valence-corrected chi connectivity index (χ4v) is 4.32. The molecular formula is C21H20ClN3O2S2. The van der Waals surface area contributed by atoms with E-state index in [1.54, 1.807) is 24.3 Å². The molecule has 3 rings (SSSR count). The van der Waals surface area contributed by atoms with E-state index in [0.29, 0.717) is 33.6 Å². The lowest BCUT2D eigenvalue weighted by molar-refractivity contribution is -0.116. The van der Waals surface area contributed by atoms with Gasteiger partial charge in [0.05, 0.1) is 5.02 Å². The molecule has 0 fully saturated rings. The molecule has 150 valence electrons. The van der Waals surface area contributed by atoms with E-state index in [9.17, 15) is 9.59 Å². The molecule has 29 heavy (non-hydrogen) atoms. The summed E-state index contributed by atoms with van der Waals surface area (Å²) in [5.41, 5.74) is 1.40. The number of thiocarbonyl (C=S) groups is 1. The maximum atomic E-state index is 12.5. The molecular weight excluding hydrogens is 426 g/mol. The highest BCUT2D eigenvalue weighted by Gasteiger charge is 2.17. The fourth-order valence-electron chi connectivity index (χ4n) is 2.70. The minimum absolute atomic E-state index is 0.0243. The first-order valence-corrected chi connectivity index (χ1v) is 10.6. The van der Waals surface area contributed by atoms with Gasteiger partial charge in [0.25, 0.3) is 5.91 Å². The van der Waals surface area contributed by atoms with E-state index < -0.39 is 0 Å². The van der Waals surface area contributed by atoms with Crippen molar-refractivity contribution < 1.29 is 9.59 Å². The van der Waals surface area contributed by atoms with Crippen LogP contribution in [0.25, 0.3) is 10.1 Å². The molecule has 0 aliphatic heterocycles. The first-order valence-electron chi connectivity index (χ1n) is 9.02. The van der Waals surface area contributed by atoms with Crippen molar-refractivity contribution in [2.24, 2.45) is 5.92 Å². The van der Waals surface area contributed by atoms with E-state index in [-0.39, 0.29) is 16.9 Å². The lowest BCUT2D eigenvalue weighted by Crippen LogP contribution is -2.33. The smallest absolute Gasteiger partial charge is 0.269 e. The average Bonchev–Trinajstić information content (AvgIpc) is 3.00. The zero-order chi connectivity index (χ0) is 21.0. The molecule has 1 heterocycles. The van der Waals surface area contributed by atoms with Gasteiger partial charge in [0.1, 0.15) is 4.88 Å². The van der Waals surface area contributed by atoms with Crippen molar-refractivity contribution in [3.8, 4) is 0 Å². The van der Waals surface area contributed by atoms with Crippen LogP contribution in [0.2, 0.25) is 5.02 Å². The van der Waals surface area contributed by atoms with Gasteiger partial charge in [-0.15, -0.1) is 11.3 Å². The quantitative estimate of drug-likeness (QED) is 0.443. The fraction of sp³-hybridized carbons (Fsp3) is 0.190. The molecule has 0 aliphatic carbocycles. The molecule has 0 atom stereocenters. The van der Waals surface area contributed by atoms with Gasteiger partial charge in [-0.05, 0) is 48.5 Å². The minimum atomic E-state index is -0.355. The Balaban J connectivity index is 1.59. The van der Waals surface area contributed by atoms with Crippen LogP contribution in [0.3, 0.4) is 0 Å². The van der Waals surface area contributed by atoms with Crippen LogP contribution >= 0.6 is 35.2 Å². The van der Waals surface area contributed by atoms with Crippen LogP contribution in [-0.2, 0) is 4.79 Å². The van der Waals surface area contributed by atoms with Gasteiger partial charge in [-0.3, -0.25) is 14.9 Å². The van der Waals surface area contributed by atoms with Crippen LogP contribution in [0.4, 0.5) is 11.4 Å². The highest BCUT2D eigenvalue weighted by atomic mass is 35.5. The Labute approximate surface area is 183 Å². The van der Waals surface area contributed by atoms with E-state index in [1.807, 2.05) is 38.1 Å². The van der Waals surface area contributed by atoms with Crippen LogP contribution in [0.1, 0.15) is 29.9 Å². The summed E-state index contributed by atoms with van der Waals surface area (Å²) in [6.45, 7) is 3.99. The van der Waals surface area contributed by atoms with Gasteiger partial charge < -0.3 is 10.6 Å². The molecule has 2 aromatic carbocycles. The third-order valence-corrected chi connectivity index (χ3v) is 5.87. The third-order valence-electron chi connectivity index (χ3n) is 3.99. The van der Waals surface area contributed by atoms with Crippen LogP contribution in [0.15, 0.2) is 48.5 Å². The predicted molar refractivity (Wildman–Crippen MR) is 125 cm³/mol. The molecule has 0 bridgehead atoms. The Kier molecular flexibility index (Phi) is 6.84. The molecule has 3 aromatic rings. The van der Waals surface area contributed by atoms with Crippen molar-refractivity contribution in [1.82, 2.24) is 5.32 Å². The number of amides is 2. The highest BCUT2D eigenvalue weighted by Crippen LogP contribution is 2.34. The molecule has 1 aromatic heterocycles. The molecule has 0 saturated heterocycles. The minimum Gasteiger partial charge on any atom is -0.332 e. The number of nitrogens with one attached hydrogen (secondary N) is 3. The molecule has 0 aliphatic rings. The normalized spacial score (nSPS) is 10.8. The number of fused-ring (bicyclic) bond motifs is 1. The largest absolute Gasteiger partial charge is 0.332 e. The van der Waals surface area contributed by atoms with Crippen LogP contribution in [0, 0.1) is 5.92 Å². The topological polar surface area (TPSA) is 70.2 Å². The molecule has 2 amide bonds. The number of anilines is 2. The van der Waals surface area contributed by atoms with Gasteiger partial charge in [-0.2, -0.15) is 0 Å². The van der Waals surface area contributed by atoms with Gasteiger partial charge in [0.2, 0.25) is 5.91 Å². The summed E-state index contributed by atoms with van der Waals surface area (Å²) in [6.07, 6.45) is 0.469. The summed E-state index contributed by atoms with van der Waals surface area (Å²) in [5.74, 6) is -0.0821. The molecule has 0 radical (unpaired) electrons. The maximum Gasteiger partial charge on any atom is 0.269 e. The standard InChI is InChI=1S/C21H20ClN3O2S2/c1-12(2)11-17(26)23-13-7-9-14(10-8-13)24-21(28)25-20(27)19-18(22)15-5-3-4-6-16(15)29-19/h3-10,12H,11H2,1-2H3,(H,23,26)(H2,24,25,27,28). The first-order chi connectivity index (χ1) is 13.8. The van der Waals surface area contributed by atoms with Crippen molar-refractivity contribution in [1.29, 1.82) is 0 Å². The lowest BCUT2D eigenvalue weighted by atomic mass is 10.1. The van der Waals surface area contributed by atoms with E-state index in [0.717, 1.165) is 10.1 Å². The Morgan fingerprint density at radius 1 is 1.03 bits per heavy atom. The van der Waals surface area contributed by atoms with Crippen LogP contribution < -0.4 is 16.0 Å². The second-order valence-electron chi connectivity index (χ2n) is 6.87. The van der Waals surface area contributed by atoms with E-state index in [4.69, 9.17) is 23.8 Å². The SMILES string of the molecule is CC(C)CC(=O)Nc1ccc(NC(=S)NC(=O)c2sc3ccccc3c2Cl)cc1. The molecule has 0 saturated carbocycles. The first kappa shape index (κ1) is 21.2. The zero-order valence-electron chi connectivity index (χ0n) is 15.9. The Morgan fingerprint density at radius 2 is 1.66 bits per heavy atom. The Bertz CT molecular complexity index is 1060. The summed E-state index contributed by atoms with van der Waals surface area (Å²) in [7, 11) is 0. The molecule has 0 unspecified atom stereocenters. The molecule has 3 N–H and O–H groups in total. The maximum absolute atomic E-state index is 12.5. The van der Waals surface area contributed by atoms with Crippen LogP contribution in [-0.4, -0.2) is 16.9 Å². The second-order valence-corrected chi connectivity index (χ2v) is 8.71. The van der Waals surface area contributed by atoms with E-state index in [1.165, 1.54) is 11.3 Å². The van der Waals surface area contributed by atoms with Crippen molar-refractivity contribution in [2.45, 2.75) is 20.3 Å². The van der Waals surface area contributed by atoms with Gasteiger partial charge in [-0.25, -0.2) is 0 Å². The summed E-state index contributed by atoms with van der Waals surface area (Å²) in [4.78, 5) is 24.8. The van der Waals surface area contributed by atoms with E-state index >= 15 is 0 Å². The number of hydrogen-bond donors (Lipinski definition) is 3. The number of hydrogen-bond acceptors (Lipinski definition) is 4. The summed E-state index contributed by atoms with van der Waals surface area (Å²) < 4.78 is 0.941. The Morgan fingerprint density at radius 3 is 2.28 bits per heavy atom. The highest BCUT2D eigenvalue weighted by molar-refractivity contribution is 7.80. The third kappa shape index (κ3) is 5.53. The average molecular weight is 446 g/mol. The number of rotatable bonds is 5. The van der Waals surface area contributed by atoms with Crippen molar-refractivity contribution in [3.05, 3.63) is 58.4 Å². The number of benzene rings is 2. The van der Waals surface area contributed by atoms with Gasteiger partial charge in [-0.1, -0.05) is 43.6 Å². The van der Waals surface area contributed by atoms with Crippen LogP contribution in [0.5, 0.6) is 0 Å².